The number of carbonyl (C=O) groups is 1. The third-order valence-corrected chi connectivity index (χ3v) is 3.04. The van der Waals surface area contributed by atoms with Gasteiger partial charge in [-0.3, -0.25) is 9.63 Å². The first-order valence-electron chi connectivity index (χ1n) is 5.11. The van der Waals surface area contributed by atoms with Crippen molar-refractivity contribution in [1.82, 2.24) is 5.06 Å². The van der Waals surface area contributed by atoms with E-state index in [4.69, 9.17) is 9.94 Å². The van der Waals surface area contributed by atoms with Gasteiger partial charge in [-0.2, -0.15) is 0 Å². The average molecular weight is 201 g/mol. The standard InChI is InChI=1S/C10H19NO3/c1-11(14-2)10(13)9-5-3-8(7-12)4-6-9/h8-9,12H,3-7H2,1-2H3. The van der Waals surface area contributed by atoms with E-state index in [-0.39, 0.29) is 18.4 Å². The van der Waals surface area contributed by atoms with Gasteiger partial charge in [0.25, 0.3) is 0 Å². The topological polar surface area (TPSA) is 49.8 Å². The normalized spacial score (nSPS) is 27.4. The number of aliphatic hydroxyl groups is 1. The van der Waals surface area contributed by atoms with E-state index in [2.05, 4.69) is 0 Å². The highest BCUT2D eigenvalue weighted by molar-refractivity contribution is 5.77. The van der Waals surface area contributed by atoms with Gasteiger partial charge >= 0.3 is 0 Å². The Hall–Kier alpha value is -0.610. The summed E-state index contributed by atoms with van der Waals surface area (Å²) in [6, 6.07) is 0. The minimum atomic E-state index is 0.0592. The lowest BCUT2D eigenvalue weighted by molar-refractivity contribution is -0.174. The molecule has 4 heteroatoms. The molecule has 0 spiro atoms. The smallest absolute Gasteiger partial charge is 0.248 e. The van der Waals surface area contributed by atoms with Gasteiger partial charge in [-0.1, -0.05) is 0 Å². The number of carbonyl (C=O) groups excluding carboxylic acids is 1. The Labute approximate surface area is 84.8 Å². The first-order valence-corrected chi connectivity index (χ1v) is 5.11. The Morgan fingerprint density at radius 1 is 1.43 bits per heavy atom. The van der Waals surface area contributed by atoms with Crippen LogP contribution < -0.4 is 0 Å². The predicted octanol–water partition coefficient (Wildman–Crippen LogP) is 0.805. The van der Waals surface area contributed by atoms with Crippen LogP contribution in [0.15, 0.2) is 0 Å². The SMILES string of the molecule is CON(C)C(=O)C1CCC(CO)CC1. The maximum atomic E-state index is 11.7. The number of rotatable bonds is 3. The van der Waals surface area contributed by atoms with E-state index in [1.165, 1.54) is 12.2 Å². The maximum Gasteiger partial charge on any atom is 0.248 e. The lowest BCUT2D eigenvalue weighted by Crippen LogP contribution is -2.34. The predicted molar refractivity (Wildman–Crippen MR) is 52.3 cm³/mol. The first-order chi connectivity index (χ1) is 6.69. The zero-order chi connectivity index (χ0) is 10.6. The highest BCUT2D eigenvalue weighted by Crippen LogP contribution is 2.29. The summed E-state index contributed by atoms with van der Waals surface area (Å²) in [6.45, 7) is 0.251. The van der Waals surface area contributed by atoms with Crippen LogP contribution in [0.5, 0.6) is 0 Å². The van der Waals surface area contributed by atoms with E-state index in [1.807, 2.05) is 0 Å². The summed E-state index contributed by atoms with van der Waals surface area (Å²) in [5.41, 5.74) is 0. The zero-order valence-electron chi connectivity index (χ0n) is 8.90. The van der Waals surface area contributed by atoms with Crippen molar-refractivity contribution in [3.8, 4) is 0 Å². The molecule has 0 atom stereocenters. The Balaban J connectivity index is 2.37. The molecule has 0 saturated heterocycles. The molecule has 0 bridgehead atoms. The molecule has 14 heavy (non-hydrogen) atoms. The molecule has 0 radical (unpaired) electrons. The fraction of sp³-hybridized carbons (Fsp3) is 0.900. The number of hydrogen-bond donors (Lipinski definition) is 1. The second kappa shape index (κ2) is 5.32. The van der Waals surface area contributed by atoms with Gasteiger partial charge in [0.15, 0.2) is 0 Å². The van der Waals surface area contributed by atoms with E-state index in [0.29, 0.717) is 5.92 Å². The van der Waals surface area contributed by atoms with Gasteiger partial charge in [0.05, 0.1) is 7.11 Å². The molecule has 0 unspecified atom stereocenters. The molecule has 82 valence electrons. The molecule has 1 aliphatic rings. The Kier molecular flexibility index (Phi) is 4.35. The summed E-state index contributed by atoms with van der Waals surface area (Å²) in [5.74, 6) is 0.540. The van der Waals surface area contributed by atoms with E-state index in [1.54, 1.807) is 7.05 Å². The first kappa shape index (κ1) is 11.5. The Morgan fingerprint density at radius 2 is 2.00 bits per heavy atom. The number of hydrogen-bond acceptors (Lipinski definition) is 3. The van der Waals surface area contributed by atoms with Gasteiger partial charge in [0, 0.05) is 19.6 Å². The van der Waals surface area contributed by atoms with Crippen molar-refractivity contribution in [3.05, 3.63) is 0 Å². The van der Waals surface area contributed by atoms with Crippen LogP contribution in [0.2, 0.25) is 0 Å². The summed E-state index contributed by atoms with van der Waals surface area (Å²) in [7, 11) is 3.14. The van der Waals surface area contributed by atoms with Crippen LogP contribution >= 0.6 is 0 Å². The monoisotopic (exact) mass is 201 g/mol. The van der Waals surface area contributed by atoms with Crippen LogP contribution in [0, 0.1) is 11.8 Å². The van der Waals surface area contributed by atoms with Gasteiger partial charge in [-0.25, -0.2) is 5.06 Å². The second-order valence-corrected chi connectivity index (χ2v) is 3.92. The van der Waals surface area contributed by atoms with E-state index >= 15 is 0 Å². The minimum Gasteiger partial charge on any atom is -0.396 e. The van der Waals surface area contributed by atoms with Gasteiger partial charge < -0.3 is 5.11 Å². The van der Waals surface area contributed by atoms with Crippen molar-refractivity contribution in [2.24, 2.45) is 11.8 Å². The summed E-state index contributed by atoms with van der Waals surface area (Å²) in [6.07, 6.45) is 3.64. The Bertz CT molecular complexity index is 188. The van der Waals surface area contributed by atoms with Crippen molar-refractivity contribution in [2.75, 3.05) is 20.8 Å². The molecule has 0 aromatic rings. The molecule has 1 fully saturated rings. The van der Waals surface area contributed by atoms with Crippen molar-refractivity contribution < 1.29 is 14.7 Å². The molecule has 1 N–H and O–H groups in total. The molecule has 1 saturated carbocycles. The number of hydroxylamine groups is 2. The number of aliphatic hydroxyl groups excluding tert-OH is 1. The fourth-order valence-electron chi connectivity index (χ4n) is 1.94. The summed E-state index contributed by atoms with van der Waals surface area (Å²) < 4.78 is 0. The third kappa shape index (κ3) is 2.69. The van der Waals surface area contributed by atoms with Crippen molar-refractivity contribution in [2.45, 2.75) is 25.7 Å². The quantitative estimate of drug-likeness (QED) is 0.687. The molecule has 0 aliphatic heterocycles. The fourth-order valence-corrected chi connectivity index (χ4v) is 1.94. The lowest BCUT2D eigenvalue weighted by atomic mass is 9.82. The molecule has 0 aromatic carbocycles. The van der Waals surface area contributed by atoms with Crippen LogP contribution in [0.1, 0.15) is 25.7 Å². The summed E-state index contributed by atoms with van der Waals surface area (Å²) in [5, 5.41) is 10.2. The van der Waals surface area contributed by atoms with Crippen molar-refractivity contribution >= 4 is 5.91 Å². The number of amides is 1. The maximum absolute atomic E-state index is 11.7. The third-order valence-electron chi connectivity index (χ3n) is 3.04. The molecule has 1 rings (SSSR count). The van der Waals surface area contributed by atoms with Crippen LogP contribution in [0.4, 0.5) is 0 Å². The van der Waals surface area contributed by atoms with E-state index < -0.39 is 0 Å². The molecular weight excluding hydrogens is 182 g/mol. The van der Waals surface area contributed by atoms with Gasteiger partial charge in [-0.05, 0) is 31.6 Å². The largest absolute Gasteiger partial charge is 0.396 e. The van der Waals surface area contributed by atoms with E-state index in [9.17, 15) is 4.79 Å². The Morgan fingerprint density at radius 3 is 2.43 bits per heavy atom. The highest BCUT2D eigenvalue weighted by Gasteiger charge is 2.27. The van der Waals surface area contributed by atoms with Gasteiger partial charge in [-0.15, -0.1) is 0 Å². The molecule has 0 heterocycles. The summed E-state index contributed by atoms with van der Waals surface area (Å²) in [4.78, 5) is 16.5. The van der Waals surface area contributed by atoms with Crippen molar-refractivity contribution in [3.63, 3.8) is 0 Å². The lowest BCUT2D eigenvalue weighted by Gasteiger charge is -2.28. The molecular formula is C10H19NO3. The number of nitrogens with zero attached hydrogens (tertiary/aromatic N) is 1. The van der Waals surface area contributed by atoms with Crippen LogP contribution in [-0.2, 0) is 9.63 Å². The van der Waals surface area contributed by atoms with Gasteiger partial charge in [0.1, 0.15) is 0 Å². The molecule has 1 amide bonds. The van der Waals surface area contributed by atoms with Crippen LogP contribution in [0.25, 0.3) is 0 Å². The summed E-state index contributed by atoms with van der Waals surface area (Å²) >= 11 is 0. The second-order valence-electron chi connectivity index (χ2n) is 3.92. The van der Waals surface area contributed by atoms with Crippen molar-refractivity contribution in [1.29, 1.82) is 0 Å². The zero-order valence-corrected chi connectivity index (χ0v) is 8.90. The molecule has 1 aliphatic carbocycles. The average Bonchev–Trinajstić information content (AvgIpc) is 2.27. The van der Waals surface area contributed by atoms with Crippen LogP contribution in [-0.4, -0.2) is 36.8 Å². The van der Waals surface area contributed by atoms with Gasteiger partial charge in [0.2, 0.25) is 5.91 Å². The van der Waals surface area contributed by atoms with Crippen LogP contribution in [0.3, 0.4) is 0 Å². The molecule has 4 nitrogen and oxygen atoms in total. The molecule has 0 aromatic heterocycles. The highest BCUT2D eigenvalue weighted by atomic mass is 16.7. The van der Waals surface area contributed by atoms with E-state index in [0.717, 1.165) is 25.7 Å². The minimum absolute atomic E-state index is 0.0592.